The van der Waals surface area contributed by atoms with Gasteiger partial charge in [-0.2, -0.15) is 13.0 Å². The Hall–Kier alpha value is -2.43. The summed E-state index contributed by atoms with van der Waals surface area (Å²) < 4.78 is 89.5. The molecule has 2 heterocycles. The van der Waals surface area contributed by atoms with Crippen LogP contribution in [0.5, 0.6) is 0 Å². The third kappa shape index (κ3) is 9.89. The zero-order chi connectivity index (χ0) is 29.9. The summed E-state index contributed by atoms with van der Waals surface area (Å²) in [6, 6.07) is 17.3. The van der Waals surface area contributed by atoms with Crippen LogP contribution in [0.3, 0.4) is 0 Å². The van der Waals surface area contributed by atoms with Gasteiger partial charge >= 0.3 is 33.0 Å². The molecule has 224 valence electrons. The topological polar surface area (TPSA) is 49.6 Å². The molecular formula is C27H35F6N2O3PS. The fourth-order valence-electron chi connectivity index (χ4n) is 4.96. The fraction of sp³-hybridized carbons (Fsp3) is 0.444. The second kappa shape index (κ2) is 11.1. The van der Waals surface area contributed by atoms with Gasteiger partial charge in [0.2, 0.25) is 5.69 Å². The quantitative estimate of drug-likeness (QED) is 0.0937. The van der Waals surface area contributed by atoms with Crippen LogP contribution in [0.4, 0.5) is 36.6 Å². The van der Waals surface area contributed by atoms with Crippen molar-refractivity contribution in [2.45, 2.75) is 44.9 Å². The predicted octanol–water partition coefficient (Wildman–Crippen LogP) is 8.52. The molecule has 0 saturated carbocycles. The van der Waals surface area contributed by atoms with Crippen molar-refractivity contribution < 1.29 is 42.4 Å². The molecule has 1 saturated heterocycles. The van der Waals surface area contributed by atoms with Crippen molar-refractivity contribution in [2.24, 2.45) is 0 Å². The summed E-state index contributed by atoms with van der Waals surface area (Å²) in [5.74, 6) is 0.0525. The molecule has 0 bridgehead atoms. The minimum absolute atomic E-state index is 0.0525. The van der Waals surface area contributed by atoms with E-state index in [9.17, 15) is 33.6 Å². The first-order chi connectivity index (χ1) is 18.3. The molecule has 40 heavy (non-hydrogen) atoms. The van der Waals surface area contributed by atoms with Crippen molar-refractivity contribution >= 4 is 41.1 Å². The second-order valence-corrected chi connectivity index (χ2v) is 14.2. The van der Waals surface area contributed by atoms with E-state index >= 15 is 0 Å². The average Bonchev–Trinajstić information content (AvgIpc) is 3.45. The molecule has 2 aliphatic heterocycles. The first-order valence-electron chi connectivity index (χ1n) is 12.9. The number of nitrogens with zero attached hydrogens (tertiary/aromatic N) is 2. The Labute approximate surface area is 231 Å². The van der Waals surface area contributed by atoms with Gasteiger partial charge in [-0.15, -0.1) is 0 Å². The van der Waals surface area contributed by atoms with Crippen LogP contribution in [0.25, 0.3) is 6.08 Å². The number of hydrogen-bond acceptors (Lipinski definition) is 4. The summed E-state index contributed by atoms with van der Waals surface area (Å²) in [5, 5.41) is 0. The van der Waals surface area contributed by atoms with Crippen LogP contribution in [0.15, 0.2) is 54.6 Å². The maximum absolute atomic E-state index is 11.7. The van der Waals surface area contributed by atoms with E-state index in [4.69, 9.17) is 0 Å². The van der Waals surface area contributed by atoms with Gasteiger partial charge in [0.25, 0.3) is 10.1 Å². The van der Waals surface area contributed by atoms with E-state index in [1.165, 1.54) is 48.2 Å². The summed E-state index contributed by atoms with van der Waals surface area (Å²) in [4.78, 5) is 2.45. The number of halogens is 6. The van der Waals surface area contributed by atoms with Crippen LogP contribution in [-0.4, -0.2) is 51.2 Å². The van der Waals surface area contributed by atoms with Crippen LogP contribution >= 0.6 is 7.81 Å². The number of hydrogen-bond donors (Lipinski definition) is 0. The Morgan fingerprint density at radius 3 is 2.08 bits per heavy atom. The van der Waals surface area contributed by atoms with Crippen LogP contribution in [0.2, 0.25) is 0 Å². The Morgan fingerprint density at radius 1 is 0.925 bits per heavy atom. The molecule has 0 aliphatic carbocycles. The van der Waals surface area contributed by atoms with Gasteiger partial charge < -0.3 is 4.90 Å². The van der Waals surface area contributed by atoms with E-state index in [1.807, 2.05) is 0 Å². The van der Waals surface area contributed by atoms with Gasteiger partial charge in [-0.25, -0.2) is 0 Å². The van der Waals surface area contributed by atoms with Gasteiger partial charge in [-0.1, -0.05) is 30.3 Å². The molecule has 0 atom stereocenters. The van der Waals surface area contributed by atoms with E-state index in [1.54, 1.807) is 0 Å². The second-order valence-electron chi connectivity index (χ2n) is 10.4. The van der Waals surface area contributed by atoms with Crippen molar-refractivity contribution in [1.29, 1.82) is 0 Å². The van der Waals surface area contributed by atoms with Gasteiger partial charge in [0.05, 0.1) is 18.3 Å². The van der Waals surface area contributed by atoms with E-state index in [0.717, 1.165) is 26.1 Å². The monoisotopic (exact) mass is 612 g/mol. The molecule has 0 spiro atoms. The summed E-state index contributed by atoms with van der Waals surface area (Å²) in [7, 11) is -12.8. The van der Waals surface area contributed by atoms with Crippen molar-refractivity contribution in [3.05, 3.63) is 65.7 Å². The fourth-order valence-corrected chi connectivity index (χ4v) is 5.69. The molecule has 0 radical (unpaired) electrons. The van der Waals surface area contributed by atoms with E-state index in [-0.39, 0.29) is 11.2 Å². The number of benzene rings is 2. The van der Waals surface area contributed by atoms with Crippen LogP contribution < -0.4 is 4.90 Å². The minimum atomic E-state index is -10.7. The summed E-state index contributed by atoms with van der Waals surface area (Å²) in [6.07, 6.45) is 8.33. The third-order valence-corrected chi connectivity index (χ3v) is 8.17. The van der Waals surface area contributed by atoms with Gasteiger partial charge in [0.15, 0.2) is 5.71 Å². The van der Waals surface area contributed by atoms with E-state index < -0.39 is 17.9 Å². The van der Waals surface area contributed by atoms with Crippen molar-refractivity contribution in [2.75, 3.05) is 37.4 Å². The van der Waals surface area contributed by atoms with Gasteiger partial charge in [-0.3, -0.25) is 4.18 Å². The van der Waals surface area contributed by atoms with Gasteiger partial charge in [-0.05, 0) is 56.9 Å². The van der Waals surface area contributed by atoms with Gasteiger partial charge in [0, 0.05) is 42.9 Å². The predicted molar refractivity (Wildman–Crippen MR) is 150 cm³/mol. The summed E-state index contributed by atoms with van der Waals surface area (Å²) >= 11 is 0. The number of anilines is 1. The number of rotatable bonds is 9. The zero-order valence-electron chi connectivity index (χ0n) is 22.7. The molecule has 5 nitrogen and oxygen atoms in total. The standard InChI is InChI=1S/C27H35N2O3S.F6P/c1-27(2)24-10-4-5-11-25(24)29(20-8-9-21-33(30,31)32-3)26(27)17-14-22-12-15-23(16-13-22)28-18-6-7-19-28;1-7(2,3,4,5)6/h4-5,10-17H,6-9,18-21H2,1-3H3;/q+1;-1. The zero-order valence-corrected chi connectivity index (χ0v) is 24.4. The van der Waals surface area contributed by atoms with Crippen LogP contribution in [0, 0.1) is 0 Å². The van der Waals surface area contributed by atoms with Crippen LogP contribution in [-0.2, 0) is 19.7 Å². The van der Waals surface area contributed by atoms with Crippen LogP contribution in [0.1, 0.15) is 50.7 Å². The van der Waals surface area contributed by atoms with Gasteiger partial charge in [0.1, 0.15) is 6.54 Å². The van der Waals surface area contributed by atoms with Crippen molar-refractivity contribution in [1.82, 2.24) is 0 Å². The molecule has 1 fully saturated rings. The normalized spacial score (nSPS) is 18.8. The number of unbranched alkanes of at least 4 members (excludes halogenated alkanes) is 1. The molecular weight excluding hydrogens is 577 g/mol. The molecule has 2 aromatic carbocycles. The molecule has 2 aromatic rings. The molecule has 13 heteroatoms. The molecule has 0 amide bonds. The van der Waals surface area contributed by atoms with Crippen molar-refractivity contribution in [3.63, 3.8) is 0 Å². The SMILES string of the molecule is COS(=O)(=O)CCCC[N+]1=C(/C=C/c2ccc(N3CCCC3)cc2)C(C)(C)c2ccccc21.F[P-](F)(F)(F)(F)F. The maximum atomic E-state index is 11.7. The first kappa shape index (κ1) is 32.1. The number of para-hydroxylation sites is 1. The van der Waals surface area contributed by atoms with E-state index in [0.29, 0.717) is 6.42 Å². The molecule has 2 aliphatic rings. The Bertz CT molecular complexity index is 1360. The average molecular weight is 613 g/mol. The van der Waals surface area contributed by atoms with Crippen molar-refractivity contribution in [3.8, 4) is 0 Å². The Balaban J connectivity index is 0.000000559. The molecule has 0 unspecified atom stereocenters. The van der Waals surface area contributed by atoms with E-state index in [2.05, 4.69) is 88.2 Å². The Kier molecular flexibility index (Phi) is 8.90. The Morgan fingerprint density at radius 2 is 1.50 bits per heavy atom. The number of fused-ring (bicyclic) bond motifs is 1. The molecule has 0 aromatic heterocycles. The number of allylic oxidation sites excluding steroid dienone is 1. The molecule has 0 N–H and O–H groups in total. The summed E-state index contributed by atoms with van der Waals surface area (Å²) in [5.41, 5.74) is 6.12. The summed E-state index contributed by atoms with van der Waals surface area (Å²) in [6.45, 7) is 7.60. The third-order valence-electron chi connectivity index (χ3n) is 6.88. The first-order valence-corrected chi connectivity index (χ1v) is 16.5. The molecule has 4 rings (SSSR count).